The highest BCUT2D eigenvalue weighted by Gasteiger charge is 2.05. The second kappa shape index (κ2) is 5.36. The lowest BCUT2D eigenvalue weighted by Gasteiger charge is -2.05. The van der Waals surface area contributed by atoms with E-state index < -0.39 is 29.5 Å². The first kappa shape index (κ1) is 12.3. The molecule has 0 bridgehead atoms. The fraction of sp³-hybridized carbons (Fsp3) is 0.333. The molecule has 1 heterocycles. The molecule has 0 spiro atoms. The number of rotatable bonds is 4. The van der Waals surface area contributed by atoms with Crippen LogP contribution in [0.15, 0.2) is 33.5 Å². The van der Waals surface area contributed by atoms with Gasteiger partial charge in [0.25, 0.3) is 11.6 Å². The average Bonchev–Trinajstić information content (AvgIpc) is 2.21. The SMILES string of the molecule is O=c1ccn(CCC(CO)=C(F)F)c(=O)[nH]1. The van der Waals surface area contributed by atoms with Crippen molar-refractivity contribution in [3.8, 4) is 0 Å². The maximum Gasteiger partial charge on any atom is 0.328 e. The molecule has 0 amide bonds. The van der Waals surface area contributed by atoms with E-state index in [0.29, 0.717) is 0 Å². The molecule has 0 fully saturated rings. The lowest BCUT2D eigenvalue weighted by molar-refractivity contribution is 0.303. The number of aryl methyl sites for hydroxylation is 1. The van der Waals surface area contributed by atoms with Crippen LogP contribution >= 0.6 is 0 Å². The molecular formula is C9H10F2N2O3. The normalized spacial score (nSPS) is 10.2. The third-order valence-electron chi connectivity index (χ3n) is 2.01. The Morgan fingerprint density at radius 3 is 2.62 bits per heavy atom. The zero-order chi connectivity index (χ0) is 12.1. The van der Waals surface area contributed by atoms with Gasteiger partial charge in [0.1, 0.15) is 0 Å². The van der Waals surface area contributed by atoms with E-state index in [4.69, 9.17) is 5.11 Å². The highest BCUT2D eigenvalue weighted by molar-refractivity contribution is 5.02. The van der Waals surface area contributed by atoms with E-state index in [1.165, 1.54) is 6.20 Å². The largest absolute Gasteiger partial charge is 0.392 e. The summed E-state index contributed by atoms with van der Waals surface area (Å²) < 4.78 is 25.4. The fourth-order valence-corrected chi connectivity index (χ4v) is 1.11. The van der Waals surface area contributed by atoms with Gasteiger partial charge in [-0.2, -0.15) is 8.78 Å². The Balaban J connectivity index is 2.80. The summed E-state index contributed by atoms with van der Waals surface area (Å²) in [4.78, 5) is 23.9. The van der Waals surface area contributed by atoms with E-state index in [-0.39, 0.29) is 13.0 Å². The maximum absolute atomic E-state index is 12.1. The predicted octanol–water partition coefficient (Wildman–Crippen LogP) is 0.0696. The Bertz CT molecular complexity index is 500. The molecule has 0 saturated carbocycles. The Morgan fingerprint density at radius 1 is 1.44 bits per heavy atom. The van der Waals surface area contributed by atoms with Crippen LogP contribution in [0, 0.1) is 0 Å². The standard InChI is InChI=1S/C9H10F2N2O3/c10-8(11)6(5-14)1-3-13-4-2-7(15)12-9(13)16/h2,4,14H,1,3,5H2,(H,12,15,16). The monoisotopic (exact) mass is 232 g/mol. The summed E-state index contributed by atoms with van der Waals surface area (Å²) in [5.74, 6) is 0. The van der Waals surface area contributed by atoms with Gasteiger partial charge in [-0.1, -0.05) is 0 Å². The number of nitrogens with one attached hydrogen (secondary N) is 1. The number of aromatic amines is 1. The Labute approximate surface area is 88.7 Å². The Morgan fingerprint density at radius 2 is 2.12 bits per heavy atom. The molecule has 0 radical (unpaired) electrons. The van der Waals surface area contributed by atoms with Crippen LogP contribution in [0.3, 0.4) is 0 Å². The first-order valence-corrected chi connectivity index (χ1v) is 4.48. The molecule has 2 N–H and O–H groups in total. The molecule has 5 nitrogen and oxygen atoms in total. The number of hydrogen-bond donors (Lipinski definition) is 2. The predicted molar refractivity (Wildman–Crippen MR) is 52.3 cm³/mol. The number of hydrogen-bond acceptors (Lipinski definition) is 3. The minimum Gasteiger partial charge on any atom is -0.392 e. The number of nitrogens with zero attached hydrogens (tertiary/aromatic N) is 1. The van der Waals surface area contributed by atoms with Crippen molar-refractivity contribution in [2.45, 2.75) is 13.0 Å². The van der Waals surface area contributed by atoms with Crippen molar-refractivity contribution >= 4 is 0 Å². The van der Waals surface area contributed by atoms with E-state index in [0.717, 1.165) is 10.6 Å². The molecule has 88 valence electrons. The third kappa shape index (κ3) is 3.13. The van der Waals surface area contributed by atoms with Crippen LogP contribution in [0.4, 0.5) is 8.78 Å². The van der Waals surface area contributed by atoms with Gasteiger partial charge in [0.05, 0.1) is 6.61 Å². The van der Waals surface area contributed by atoms with Crippen LogP contribution < -0.4 is 11.2 Å². The quantitative estimate of drug-likeness (QED) is 0.771. The summed E-state index contributed by atoms with van der Waals surface area (Å²) in [6.07, 6.45) is -0.878. The topological polar surface area (TPSA) is 75.1 Å². The molecule has 0 aliphatic heterocycles. The van der Waals surface area contributed by atoms with Crippen molar-refractivity contribution in [1.82, 2.24) is 9.55 Å². The third-order valence-corrected chi connectivity index (χ3v) is 2.01. The van der Waals surface area contributed by atoms with Gasteiger partial charge in [-0.3, -0.25) is 9.78 Å². The molecule has 1 rings (SSSR count). The molecule has 0 unspecified atom stereocenters. The summed E-state index contributed by atoms with van der Waals surface area (Å²) >= 11 is 0. The lowest BCUT2D eigenvalue weighted by Crippen LogP contribution is -2.28. The van der Waals surface area contributed by atoms with E-state index in [9.17, 15) is 18.4 Å². The van der Waals surface area contributed by atoms with Crippen LogP contribution in [-0.4, -0.2) is 21.3 Å². The van der Waals surface area contributed by atoms with Crippen molar-refractivity contribution < 1.29 is 13.9 Å². The minimum absolute atomic E-state index is 0.0250. The van der Waals surface area contributed by atoms with Crippen LogP contribution in [0.1, 0.15) is 6.42 Å². The summed E-state index contributed by atoms with van der Waals surface area (Å²) in [5, 5.41) is 8.60. The van der Waals surface area contributed by atoms with E-state index in [2.05, 4.69) is 0 Å². The van der Waals surface area contributed by atoms with Gasteiger partial charge in [-0.25, -0.2) is 4.79 Å². The van der Waals surface area contributed by atoms with Gasteiger partial charge in [0.15, 0.2) is 0 Å². The number of halogens is 2. The van der Waals surface area contributed by atoms with Gasteiger partial charge in [-0.05, 0) is 6.42 Å². The number of H-pyrrole nitrogens is 1. The van der Waals surface area contributed by atoms with Crippen molar-refractivity contribution in [3.63, 3.8) is 0 Å². The summed E-state index contributed by atoms with van der Waals surface area (Å²) in [6.45, 7) is -0.775. The number of aliphatic hydroxyl groups excluding tert-OH is 1. The van der Waals surface area contributed by atoms with Crippen molar-refractivity contribution in [1.29, 1.82) is 0 Å². The Hall–Kier alpha value is -1.76. The molecular weight excluding hydrogens is 222 g/mol. The van der Waals surface area contributed by atoms with Crippen LogP contribution in [0.2, 0.25) is 0 Å². The molecule has 1 aromatic rings. The fourth-order valence-electron chi connectivity index (χ4n) is 1.11. The summed E-state index contributed by atoms with van der Waals surface area (Å²) in [5.41, 5.74) is -1.63. The molecule has 1 aromatic heterocycles. The van der Waals surface area contributed by atoms with Crippen molar-refractivity contribution in [2.24, 2.45) is 0 Å². The average molecular weight is 232 g/mol. The Kier molecular flexibility index (Phi) is 4.12. The molecule has 16 heavy (non-hydrogen) atoms. The van der Waals surface area contributed by atoms with E-state index >= 15 is 0 Å². The van der Waals surface area contributed by atoms with Crippen LogP contribution in [-0.2, 0) is 6.54 Å². The number of aromatic nitrogens is 2. The van der Waals surface area contributed by atoms with Crippen LogP contribution in [0.25, 0.3) is 0 Å². The van der Waals surface area contributed by atoms with Gasteiger partial charge < -0.3 is 9.67 Å². The number of aliphatic hydroxyl groups is 1. The smallest absolute Gasteiger partial charge is 0.328 e. The molecule has 0 aromatic carbocycles. The van der Waals surface area contributed by atoms with Gasteiger partial charge in [0, 0.05) is 24.4 Å². The zero-order valence-electron chi connectivity index (χ0n) is 8.24. The molecule has 0 saturated heterocycles. The van der Waals surface area contributed by atoms with Crippen molar-refractivity contribution in [2.75, 3.05) is 6.61 Å². The molecule has 7 heteroatoms. The zero-order valence-corrected chi connectivity index (χ0v) is 8.24. The van der Waals surface area contributed by atoms with Crippen molar-refractivity contribution in [3.05, 3.63) is 44.8 Å². The highest BCUT2D eigenvalue weighted by Crippen LogP contribution is 2.11. The highest BCUT2D eigenvalue weighted by atomic mass is 19.3. The maximum atomic E-state index is 12.1. The summed E-state index contributed by atoms with van der Waals surface area (Å²) in [7, 11) is 0. The molecule has 0 aliphatic rings. The second-order valence-corrected chi connectivity index (χ2v) is 3.08. The van der Waals surface area contributed by atoms with Gasteiger partial charge in [-0.15, -0.1) is 0 Å². The second-order valence-electron chi connectivity index (χ2n) is 3.08. The van der Waals surface area contributed by atoms with Crippen LogP contribution in [0.5, 0.6) is 0 Å². The first-order chi connectivity index (χ1) is 7.54. The molecule has 0 aliphatic carbocycles. The molecule has 0 atom stereocenters. The summed E-state index contributed by atoms with van der Waals surface area (Å²) in [6, 6.07) is 1.12. The van der Waals surface area contributed by atoms with E-state index in [1.54, 1.807) is 0 Å². The lowest BCUT2D eigenvalue weighted by atomic mass is 10.2. The minimum atomic E-state index is -1.94. The van der Waals surface area contributed by atoms with E-state index in [1.807, 2.05) is 4.98 Å². The van der Waals surface area contributed by atoms with Gasteiger partial charge >= 0.3 is 5.69 Å². The first-order valence-electron chi connectivity index (χ1n) is 4.48. The van der Waals surface area contributed by atoms with Gasteiger partial charge in [0.2, 0.25) is 0 Å².